The molecule has 4 atom stereocenters. The molecule has 1 nitrogen and oxygen atoms in total. The lowest BCUT2D eigenvalue weighted by atomic mass is 9.83. The van der Waals surface area contributed by atoms with Crippen LogP contribution in [0.2, 0.25) is 0 Å². The number of unbranched alkanes of at least 4 members (excludes halogenated alkanes) is 4. The highest BCUT2D eigenvalue weighted by molar-refractivity contribution is 5.30. The molecule has 41 heavy (non-hydrogen) atoms. The molecular formula is C40H58O. The molecule has 1 heteroatoms. The molecule has 4 rings (SSSR count). The average molecular weight is 555 g/mol. The summed E-state index contributed by atoms with van der Waals surface area (Å²) >= 11 is 0. The van der Waals surface area contributed by atoms with Crippen LogP contribution in [0.4, 0.5) is 0 Å². The van der Waals surface area contributed by atoms with Crippen molar-refractivity contribution >= 4 is 0 Å². The number of ether oxygens (including phenoxy) is 1. The molecule has 0 radical (unpaired) electrons. The number of hydrogen-bond donors (Lipinski definition) is 0. The molecule has 0 aliphatic heterocycles. The summed E-state index contributed by atoms with van der Waals surface area (Å²) in [7, 11) is 0. The van der Waals surface area contributed by atoms with Crippen molar-refractivity contribution in [2.75, 3.05) is 13.2 Å². The monoisotopic (exact) mass is 554 g/mol. The molecule has 0 N–H and O–H groups in total. The van der Waals surface area contributed by atoms with E-state index in [0.29, 0.717) is 23.7 Å². The molecule has 2 aromatic carbocycles. The summed E-state index contributed by atoms with van der Waals surface area (Å²) in [6.07, 6.45) is 22.7. The largest absolute Gasteiger partial charge is 0.373 e. The van der Waals surface area contributed by atoms with Crippen molar-refractivity contribution in [1.82, 2.24) is 0 Å². The molecule has 0 saturated carbocycles. The van der Waals surface area contributed by atoms with Crippen LogP contribution in [0.25, 0.3) is 0 Å². The normalized spacial score (nSPS) is 20.8. The molecule has 0 spiro atoms. The van der Waals surface area contributed by atoms with Gasteiger partial charge in [0.15, 0.2) is 0 Å². The van der Waals surface area contributed by atoms with E-state index in [1.54, 1.807) is 0 Å². The van der Waals surface area contributed by atoms with Crippen LogP contribution in [0.1, 0.15) is 164 Å². The van der Waals surface area contributed by atoms with Crippen molar-refractivity contribution in [2.24, 2.45) is 0 Å². The molecule has 0 aromatic heterocycles. The van der Waals surface area contributed by atoms with E-state index in [-0.39, 0.29) is 0 Å². The van der Waals surface area contributed by atoms with Gasteiger partial charge in [-0.3, -0.25) is 0 Å². The lowest BCUT2D eigenvalue weighted by Crippen LogP contribution is -2.11. The van der Waals surface area contributed by atoms with E-state index in [4.69, 9.17) is 4.74 Å². The first kappa shape index (κ1) is 31.8. The fourth-order valence-electron chi connectivity index (χ4n) is 6.89. The molecule has 0 bridgehead atoms. The summed E-state index contributed by atoms with van der Waals surface area (Å²) in [5.74, 6) is 2.69. The Bertz CT molecular complexity index is 985. The standard InChI is InChI=1S/C40H58O/c1-5-7-9-11-31(3)35-21-25-39(26-22-35)37-17-13-33(14-18-37)29-41-30-34-15-19-38(20-16-34)40-27-23-36(24-28-40)32(4)12-10-8-6-2/h13,15,21-28,31-32,37-38H,5-12,14,16-20,29-30H2,1-4H3. The van der Waals surface area contributed by atoms with Gasteiger partial charge in [0.05, 0.1) is 13.2 Å². The molecule has 0 heterocycles. The first-order chi connectivity index (χ1) is 20.1. The Labute approximate surface area is 252 Å². The van der Waals surface area contributed by atoms with Crippen LogP contribution in [0.15, 0.2) is 71.8 Å². The predicted molar refractivity (Wildman–Crippen MR) is 178 cm³/mol. The smallest absolute Gasteiger partial charge is 0.0681 e. The second-order valence-electron chi connectivity index (χ2n) is 13.3. The van der Waals surface area contributed by atoms with Crippen molar-refractivity contribution in [2.45, 2.75) is 141 Å². The Balaban J connectivity index is 1.15. The van der Waals surface area contributed by atoms with Crippen molar-refractivity contribution in [3.63, 3.8) is 0 Å². The van der Waals surface area contributed by atoms with Crippen molar-refractivity contribution in [3.8, 4) is 0 Å². The maximum absolute atomic E-state index is 6.22. The van der Waals surface area contributed by atoms with Crippen LogP contribution >= 0.6 is 0 Å². The first-order valence-electron chi connectivity index (χ1n) is 17.2. The molecule has 4 unspecified atom stereocenters. The van der Waals surface area contributed by atoms with E-state index in [0.717, 1.165) is 26.1 Å². The van der Waals surface area contributed by atoms with Crippen LogP contribution in [0.3, 0.4) is 0 Å². The SMILES string of the molecule is CCCCCC(C)c1ccc(C2CC=C(COCC3=CCC(c4ccc(C(C)CCCCC)cc4)CC3)CC2)cc1. The Morgan fingerprint density at radius 2 is 1.02 bits per heavy atom. The Morgan fingerprint density at radius 3 is 1.37 bits per heavy atom. The zero-order valence-corrected chi connectivity index (χ0v) is 26.8. The van der Waals surface area contributed by atoms with Gasteiger partial charge in [0.25, 0.3) is 0 Å². The third-order valence-electron chi connectivity index (χ3n) is 10.0. The fraction of sp³-hybridized carbons (Fsp3) is 0.600. The summed E-state index contributed by atoms with van der Waals surface area (Å²) in [4.78, 5) is 0. The maximum atomic E-state index is 6.22. The van der Waals surface area contributed by atoms with Crippen molar-refractivity contribution in [3.05, 3.63) is 94.1 Å². The van der Waals surface area contributed by atoms with Gasteiger partial charge in [-0.1, -0.05) is 127 Å². The molecule has 0 fully saturated rings. The zero-order chi connectivity index (χ0) is 28.9. The van der Waals surface area contributed by atoms with Crippen LogP contribution in [-0.2, 0) is 4.74 Å². The first-order valence-corrected chi connectivity index (χ1v) is 17.2. The maximum Gasteiger partial charge on any atom is 0.0681 e. The molecule has 224 valence electrons. The quantitative estimate of drug-likeness (QED) is 0.148. The minimum atomic E-state index is 0.666. The topological polar surface area (TPSA) is 9.23 Å². The van der Waals surface area contributed by atoms with Gasteiger partial charge >= 0.3 is 0 Å². The van der Waals surface area contributed by atoms with Gasteiger partial charge in [0.1, 0.15) is 0 Å². The molecule has 0 saturated heterocycles. The van der Waals surface area contributed by atoms with E-state index in [1.165, 1.54) is 110 Å². The summed E-state index contributed by atoms with van der Waals surface area (Å²) in [5.41, 5.74) is 9.05. The number of benzene rings is 2. The fourth-order valence-corrected chi connectivity index (χ4v) is 6.89. The van der Waals surface area contributed by atoms with Crippen LogP contribution in [0.5, 0.6) is 0 Å². The second-order valence-corrected chi connectivity index (χ2v) is 13.3. The molecule has 2 aliphatic carbocycles. The molecular weight excluding hydrogens is 496 g/mol. The molecule has 2 aliphatic rings. The molecule has 2 aromatic rings. The summed E-state index contributed by atoms with van der Waals surface area (Å²) in [6, 6.07) is 19.2. The van der Waals surface area contributed by atoms with Gasteiger partial charge in [0.2, 0.25) is 0 Å². The van der Waals surface area contributed by atoms with E-state index in [9.17, 15) is 0 Å². The van der Waals surface area contributed by atoms with Crippen LogP contribution in [0, 0.1) is 0 Å². The number of rotatable bonds is 16. The van der Waals surface area contributed by atoms with Crippen LogP contribution in [-0.4, -0.2) is 13.2 Å². The summed E-state index contributed by atoms with van der Waals surface area (Å²) in [6.45, 7) is 11.0. The third kappa shape index (κ3) is 9.99. The average Bonchev–Trinajstić information content (AvgIpc) is 3.02. The summed E-state index contributed by atoms with van der Waals surface area (Å²) < 4.78 is 6.22. The lowest BCUT2D eigenvalue weighted by molar-refractivity contribution is 0.172. The van der Waals surface area contributed by atoms with Gasteiger partial charge in [0, 0.05) is 0 Å². The van der Waals surface area contributed by atoms with E-state index < -0.39 is 0 Å². The Kier molecular flexibility index (Phi) is 13.3. The minimum Gasteiger partial charge on any atom is -0.373 e. The van der Waals surface area contributed by atoms with Gasteiger partial charge in [-0.15, -0.1) is 0 Å². The second kappa shape index (κ2) is 17.1. The Hall–Kier alpha value is -2.12. The van der Waals surface area contributed by atoms with Crippen molar-refractivity contribution in [1.29, 1.82) is 0 Å². The number of allylic oxidation sites excluding steroid dienone is 2. The lowest BCUT2D eigenvalue weighted by Gasteiger charge is -2.24. The van der Waals surface area contributed by atoms with Crippen molar-refractivity contribution < 1.29 is 4.74 Å². The van der Waals surface area contributed by atoms with Crippen LogP contribution < -0.4 is 0 Å². The minimum absolute atomic E-state index is 0.666. The third-order valence-corrected chi connectivity index (χ3v) is 10.0. The Morgan fingerprint density at radius 1 is 0.610 bits per heavy atom. The van der Waals surface area contributed by atoms with Gasteiger partial charge in [-0.05, 0) is 108 Å². The van der Waals surface area contributed by atoms with Gasteiger partial charge in [-0.25, -0.2) is 0 Å². The predicted octanol–water partition coefficient (Wildman–Crippen LogP) is 12.2. The van der Waals surface area contributed by atoms with Gasteiger partial charge in [-0.2, -0.15) is 0 Å². The highest BCUT2D eigenvalue weighted by atomic mass is 16.5. The summed E-state index contributed by atoms with van der Waals surface area (Å²) in [5, 5.41) is 0. The highest BCUT2D eigenvalue weighted by Gasteiger charge is 2.19. The van der Waals surface area contributed by atoms with E-state index in [1.807, 2.05) is 0 Å². The molecule has 0 amide bonds. The van der Waals surface area contributed by atoms with Gasteiger partial charge < -0.3 is 4.74 Å². The highest BCUT2D eigenvalue weighted by Crippen LogP contribution is 2.35. The van der Waals surface area contributed by atoms with E-state index in [2.05, 4.69) is 88.4 Å². The van der Waals surface area contributed by atoms with E-state index >= 15 is 0 Å². The number of hydrogen-bond acceptors (Lipinski definition) is 1. The zero-order valence-electron chi connectivity index (χ0n) is 26.8.